The maximum Gasteiger partial charge on any atom is 0.347 e. The highest BCUT2D eigenvalue weighted by Crippen LogP contribution is 2.35. The molecule has 0 saturated carbocycles. The molecule has 6 atom stereocenters. The van der Waals surface area contributed by atoms with E-state index in [2.05, 4.69) is 10.1 Å². The number of halogens is 1. The summed E-state index contributed by atoms with van der Waals surface area (Å²) in [4.78, 5) is 25.4. The number of ether oxygens (including phenoxy) is 5. The predicted octanol–water partition coefficient (Wildman–Crippen LogP) is 0.622. The fourth-order valence-electron chi connectivity index (χ4n) is 3.77. The maximum atomic E-state index is 15.3. The molecule has 11 heteroatoms. The van der Waals surface area contributed by atoms with Crippen LogP contribution in [0.2, 0.25) is 0 Å². The Hall–Kier alpha value is -1.66. The van der Waals surface area contributed by atoms with Gasteiger partial charge in [0, 0.05) is 13.2 Å². The molecule has 1 aromatic rings. The van der Waals surface area contributed by atoms with E-state index in [4.69, 9.17) is 23.7 Å². The number of aromatic amines is 1. The first kappa shape index (κ1) is 20.6. The minimum absolute atomic E-state index is 0.0388. The molecule has 0 aliphatic carbocycles. The number of nitrogens with one attached hydrogen (secondary N) is 1. The summed E-state index contributed by atoms with van der Waals surface area (Å²) in [5.41, 5.74) is -1.52. The summed E-state index contributed by atoms with van der Waals surface area (Å²) in [6.45, 7) is 1.21. The van der Waals surface area contributed by atoms with Crippen molar-refractivity contribution in [1.29, 1.82) is 0 Å². The quantitative estimate of drug-likeness (QED) is 0.719. The van der Waals surface area contributed by atoms with E-state index in [1.54, 1.807) is 0 Å². The van der Waals surface area contributed by atoms with Crippen LogP contribution in [-0.2, 0) is 23.7 Å². The minimum atomic E-state index is -1.70. The van der Waals surface area contributed by atoms with Crippen molar-refractivity contribution in [2.75, 3.05) is 19.8 Å². The van der Waals surface area contributed by atoms with Crippen molar-refractivity contribution in [2.45, 2.75) is 75.7 Å². The van der Waals surface area contributed by atoms with Crippen LogP contribution in [0.3, 0.4) is 0 Å². The van der Waals surface area contributed by atoms with E-state index < -0.39 is 42.1 Å². The highest BCUT2D eigenvalue weighted by molar-refractivity contribution is 4.91. The average Bonchev–Trinajstić information content (AvgIpc) is 3.03. The lowest BCUT2D eigenvalue weighted by Crippen LogP contribution is -2.41. The monoisotopic (exact) mass is 415 g/mol. The molecule has 3 aliphatic rings. The molecule has 3 aliphatic heterocycles. The molecule has 1 aromatic heterocycles. The summed E-state index contributed by atoms with van der Waals surface area (Å²) in [6, 6.07) is 0. The first-order chi connectivity index (χ1) is 14.1. The van der Waals surface area contributed by atoms with Crippen LogP contribution in [0.1, 0.15) is 44.8 Å². The summed E-state index contributed by atoms with van der Waals surface area (Å²) in [5.74, 6) is 0. The molecule has 3 saturated heterocycles. The summed E-state index contributed by atoms with van der Waals surface area (Å²) in [7, 11) is 0. The second-order valence-corrected chi connectivity index (χ2v) is 7.42. The van der Waals surface area contributed by atoms with Crippen LogP contribution in [0.4, 0.5) is 4.39 Å². The lowest BCUT2D eigenvalue weighted by Gasteiger charge is -2.29. The Morgan fingerprint density at radius 2 is 1.86 bits per heavy atom. The predicted molar refractivity (Wildman–Crippen MR) is 95.9 cm³/mol. The van der Waals surface area contributed by atoms with Crippen LogP contribution in [0, 0.1) is 0 Å². The SMILES string of the molecule is O=c1cnn([C@@H]2O[C@H](COC3CCCCO3)[C@@H](OC3CCCCO3)[C@H]2F)c(=O)[nH]1. The summed E-state index contributed by atoms with van der Waals surface area (Å²) < 4.78 is 44.6. The van der Waals surface area contributed by atoms with E-state index in [-0.39, 0.29) is 12.9 Å². The first-order valence-corrected chi connectivity index (χ1v) is 10.1. The van der Waals surface area contributed by atoms with E-state index in [1.165, 1.54) is 0 Å². The Morgan fingerprint density at radius 1 is 1.14 bits per heavy atom. The first-order valence-electron chi connectivity index (χ1n) is 10.1. The second kappa shape index (κ2) is 9.43. The number of nitrogens with zero attached hydrogens (tertiary/aromatic N) is 2. The number of rotatable bonds is 6. The van der Waals surface area contributed by atoms with Crippen molar-refractivity contribution in [3.63, 3.8) is 0 Å². The molecule has 162 valence electrons. The zero-order valence-electron chi connectivity index (χ0n) is 16.0. The van der Waals surface area contributed by atoms with Gasteiger partial charge in [-0.25, -0.2) is 9.18 Å². The molecule has 4 heterocycles. The second-order valence-electron chi connectivity index (χ2n) is 7.42. The van der Waals surface area contributed by atoms with Gasteiger partial charge in [-0.15, -0.1) is 0 Å². The van der Waals surface area contributed by atoms with Crippen molar-refractivity contribution in [3.05, 3.63) is 27.0 Å². The Morgan fingerprint density at radius 3 is 2.52 bits per heavy atom. The smallest absolute Gasteiger partial charge is 0.347 e. The Balaban J connectivity index is 1.49. The van der Waals surface area contributed by atoms with Crippen molar-refractivity contribution >= 4 is 0 Å². The van der Waals surface area contributed by atoms with Crippen molar-refractivity contribution in [1.82, 2.24) is 14.8 Å². The number of hydrogen-bond donors (Lipinski definition) is 1. The minimum Gasteiger partial charge on any atom is -0.353 e. The van der Waals surface area contributed by atoms with Gasteiger partial charge < -0.3 is 23.7 Å². The van der Waals surface area contributed by atoms with Gasteiger partial charge in [0.05, 0.1) is 6.61 Å². The lowest BCUT2D eigenvalue weighted by molar-refractivity contribution is -0.220. The van der Waals surface area contributed by atoms with Crippen LogP contribution in [-0.4, -0.2) is 65.5 Å². The number of aromatic nitrogens is 3. The number of hydrogen-bond acceptors (Lipinski definition) is 8. The van der Waals surface area contributed by atoms with Gasteiger partial charge in [0.15, 0.2) is 25.0 Å². The highest BCUT2D eigenvalue weighted by atomic mass is 19.1. The third-order valence-electron chi connectivity index (χ3n) is 5.28. The molecule has 0 aromatic carbocycles. The summed E-state index contributed by atoms with van der Waals surface area (Å²) in [5, 5.41) is 3.72. The van der Waals surface area contributed by atoms with Gasteiger partial charge in [-0.1, -0.05) is 0 Å². The van der Waals surface area contributed by atoms with Crippen molar-refractivity contribution in [2.24, 2.45) is 0 Å². The Labute approximate surface area is 166 Å². The van der Waals surface area contributed by atoms with Gasteiger partial charge in [0.25, 0.3) is 5.56 Å². The number of H-pyrrole nitrogens is 1. The molecule has 1 N–H and O–H groups in total. The molecule has 0 bridgehead atoms. The van der Waals surface area contributed by atoms with Crippen molar-refractivity contribution < 1.29 is 28.1 Å². The Bertz CT molecular complexity index is 775. The van der Waals surface area contributed by atoms with Gasteiger partial charge in [-0.05, 0) is 38.5 Å². The lowest BCUT2D eigenvalue weighted by atomic mass is 10.1. The molecule has 29 heavy (non-hydrogen) atoms. The average molecular weight is 415 g/mol. The largest absolute Gasteiger partial charge is 0.353 e. The molecule has 0 amide bonds. The third-order valence-corrected chi connectivity index (χ3v) is 5.28. The van der Waals surface area contributed by atoms with Crippen LogP contribution < -0.4 is 11.2 Å². The maximum absolute atomic E-state index is 15.3. The fraction of sp³-hybridized carbons (Fsp3) is 0.833. The summed E-state index contributed by atoms with van der Waals surface area (Å²) in [6.07, 6.45) is 0.422. The van der Waals surface area contributed by atoms with Crippen LogP contribution in [0.5, 0.6) is 0 Å². The van der Waals surface area contributed by atoms with Gasteiger partial charge in [0.1, 0.15) is 18.4 Å². The molecular formula is C18H26FN3O7. The topological polar surface area (TPSA) is 114 Å². The molecule has 0 radical (unpaired) electrons. The Kier molecular flexibility index (Phi) is 6.70. The third kappa shape index (κ3) is 4.92. The highest BCUT2D eigenvalue weighted by Gasteiger charge is 2.49. The summed E-state index contributed by atoms with van der Waals surface area (Å²) >= 11 is 0. The molecule has 2 unspecified atom stereocenters. The van der Waals surface area contributed by atoms with Crippen molar-refractivity contribution in [3.8, 4) is 0 Å². The van der Waals surface area contributed by atoms with Crippen LogP contribution in [0.15, 0.2) is 15.8 Å². The molecule has 0 spiro atoms. The normalized spacial score (nSPS) is 35.6. The van der Waals surface area contributed by atoms with Gasteiger partial charge in [-0.3, -0.25) is 9.78 Å². The zero-order chi connectivity index (χ0) is 20.2. The van der Waals surface area contributed by atoms with Gasteiger partial charge in [0.2, 0.25) is 0 Å². The van der Waals surface area contributed by atoms with E-state index >= 15 is 4.39 Å². The van der Waals surface area contributed by atoms with E-state index in [0.29, 0.717) is 19.6 Å². The van der Waals surface area contributed by atoms with Gasteiger partial charge in [-0.2, -0.15) is 9.78 Å². The van der Waals surface area contributed by atoms with Gasteiger partial charge >= 0.3 is 5.69 Å². The number of alkyl halides is 1. The fourth-order valence-corrected chi connectivity index (χ4v) is 3.77. The standard InChI is InChI=1S/C18H26FN3O7/c19-15-16(29-14-6-2-4-8-26-14)11(10-27-13-5-1-3-7-25-13)28-17(15)22-18(24)21-12(23)9-20-22/h9,11,13-17H,1-8,10H2,(H,21,23,24)/t11-,13?,14?,15-,16-,17-/m1/s1. The molecule has 3 fully saturated rings. The molecule has 4 rings (SSSR count). The van der Waals surface area contributed by atoms with E-state index in [1.807, 2.05) is 0 Å². The van der Waals surface area contributed by atoms with Crippen LogP contribution in [0.25, 0.3) is 0 Å². The van der Waals surface area contributed by atoms with Crippen LogP contribution >= 0.6 is 0 Å². The van der Waals surface area contributed by atoms with E-state index in [0.717, 1.165) is 43.0 Å². The van der Waals surface area contributed by atoms with E-state index in [9.17, 15) is 9.59 Å². The zero-order valence-corrected chi connectivity index (χ0v) is 16.0. The molecular weight excluding hydrogens is 389 g/mol. The molecule has 10 nitrogen and oxygen atoms in total.